The molecule has 1 unspecified atom stereocenters. The van der Waals surface area contributed by atoms with Crippen LogP contribution in [0.5, 0.6) is 0 Å². The van der Waals surface area contributed by atoms with E-state index in [0.29, 0.717) is 6.04 Å². The van der Waals surface area contributed by atoms with Crippen molar-refractivity contribution in [2.45, 2.75) is 52.2 Å². The molecule has 1 aliphatic heterocycles. The third-order valence-corrected chi connectivity index (χ3v) is 4.66. The number of rotatable bonds is 7. The van der Waals surface area contributed by atoms with Gasteiger partial charge in [0.15, 0.2) is 0 Å². The van der Waals surface area contributed by atoms with Crippen molar-refractivity contribution in [2.75, 3.05) is 32.8 Å². The molecule has 1 atom stereocenters. The number of hydrogen-bond acceptors (Lipinski definition) is 4. The average Bonchev–Trinajstić information content (AvgIpc) is 2.95. The average molecular weight is 294 g/mol. The summed E-state index contributed by atoms with van der Waals surface area (Å²) in [6, 6.07) is 0.383. The lowest BCUT2D eigenvalue weighted by molar-refractivity contribution is -0.0233. The number of imidazole rings is 1. The fourth-order valence-corrected chi connectivity index (χ4v) is 3.18. The Hall–Kier alpha value is -0.910. The van der Waals surface area contributed by atoms with Crippen molar-refractivity contribution in [2.24, 2.45) is 0 Å². The van der Waals surface area contributed by atoms with E-state index in [2.05, 4.69) is 53.7 Å². The van der Waals surface area contributed by atoms with Gasteiger partial charge in [0.25, 0.3) is 0 Å². The van der Waals surface area contributed by atoms with Crippen LogP contribution in [-0.4, -0.2) is 58.9 Å². The predicted molar refractivity (Wildman–Crippen MR) is 85.5 cm³/mol. The first-order valence-electron chi connectivity index (χ1n) is 8.15. The number of nitrogens with one attached hydrogen (secondary N) is 1. The summed E-state index contributed by atoms with van der Waals surface area (Å²) in [5.41, 5.74) is 0.0876. The predicted octanol–water partition coefficient (Wildman–Crippen LogP) is 1.53. The van der Waals surface area contributed by atoms with E-state index in [4.69, 9.17) is 4.74 Å². The van der Waals surface area contributed by atoms with Gasteiger partial charge >= 0.3 is 0 Å². The molecule has 2 heterocycles. The van der Waals surface area contributed by atoms with E-state index in [9.17, 15) is 0 Å². The summed E-state index contributed by atoms with van der Waals surface area (Å²) in [6.07, 6.45) is 4.93. The molecule has 1 aromatic heterocycles. The Morgan fingerprint density at radius 1 is 1.33 bits per heavy atom. The molecule has 0 bridgehead atoms. The molecule has 0 saturated carbocycles. The minimum absolute atomic E-state index is 0.0876. The monoisotopic (exact) mass is 294 g/mol. The van der Waals surface area contributed by atoms with Gasteiger partial charge in [-0.3, -0.25) is 4.90 Å². The van der Waals surface area contributed by atoms with Crippen molar-refractivity contribution in [3.8, 4) is 0 Å². The van der Waals surface area contributed by atoms with E-state index in [0.717, 1.165) is 45.8 Å². The Morgan fingerprint density at radius 3 is 2.67 bits per heavy atom. The number of aryl methyl sites for hydroxylation is 1. The molecule has 120 valence electrons. The number of hydrogen-bond donors (Lipinski definition) is 1. The summed E-state index contributed by atoms with van der Waals surface area (Å²) in [4.78, 5) is 7.09. The van der Waals surface area contributed by atoms with Crippen LogP contribution in [-0.2, 0) is 17.7 Å². The molecule has 1 fully saturated rings. The lowest BCUT2D eigenvalue weighted by Crippen LogP contribution is -2.61. The summed E-state index contributed by atoms with van der Waals surface area (Å²) in [5, 5.41) is 3.67. The molecular weight excluding hydrogens is 264 g/mol. The Balaban J connectivity index is 2.12. The zero-order valence-corrected chi connectivity index (χ0v) is 13.9. The molecular formula is C16H30N4O. The maximum atomic E-state index is 5.50. The minimum Gasteiger partial charge on any atom is -0.379 e. The molecule has 2 rings (SSSR count). The van der Waals surface area contributed by atoms with Crippen LogP contribution in [0, 0.1) is 0 Å². The lowest BCUT2D eigenvalue weighted by atomic mass is 9.89. The number of nitrogens with zero attached hydrogens (tertiary/aromatic N) is 3. The first kappa shape index (κ1) is 16.5. The van der Waals surface area contributed by atoms with Crippen molar-refractivity contribution < 1.29 is 4.74 Å². The molecule has 5 nitrogen and oxygen atoms in total. The summed E-state index contributed by atoms with van der Waals surface area (Å²) in [5.74, 6) is 1.17. The van der Waals surface area contributed by atoms with E-state index >= 15 is 0 Å². The third kappa shape index (κ3) is 3.84. The largest absolute Gasteiger partial charge is 0.379 e. The van der Waals surface area contributed by atoms with Crippen LogP contribution in [0.2, 0.25) is 0 Å². The van der Waals surface area contributed by atoms with Crippen molar-refractivity contribution >= 4 is 0 Å². The number of likely N-dealkylation sites (N-methyl/N-ethyl adjacent to an activating group) is 1. The van der Waals surface area contributed by atoms with Crippen molar-refractivity contribution in [1.29, 1.82) is 0 Å². The molecule has 5 heteroatoms. The fraction of sp³-hybridized carbons (Fsp3) is 0.812. The molecule has 21 heavy (non-hydrogen) atoms. The minimum atomic E-state index is 0.0876. The molecule has 1 aromatic rings. The topological polar surface area (TPSA) is 42.3 Å². The molecule has 0 aliphatic carbocycles. The normalized spacial score (nSPS) is 18.9. The van der Waals surface area contributed by atoms with Crippen LogP contribution < -0.4 is 5.32 Å². The van der Waals surface area contributed by atoms with Gasteiger partial charge in [0.05, 0.1) is 13.2 Å². The van der Waals surface area contributed by atoms with Gasteiger partial charge in [-0.2, -0.15) is 0 Å². The van der Waals surface area contributed by atoms with Gasteiger partial charge in [-0.15, -0.1) is 0 Å². The molecule has 0 radical (unpaired) electrons. The second-order valence-corrected chi connectivity index (χ2v) is 6.20. The van der Waals surface area contributed by atoms with Gasteiger partial charge in [0.2, 0.25) is 0 Å². The van der Waals surface area contributed by atoms with Crippen LogP contribution in [0.25, 0.3) is 0 Å². The Labute approximate surface area is 128 Å². The highest BCUT2D eigenvalue weighted by Gasteiger charge is 2.36. The smallest absolute Gasteiger partial charge is 0.110 e. The highest BCUT2D eigenvalue weighted by Crippen LogP contribution is 2.23. The van der Waals surface area contributed by atoms with E-state index in [1.807, 2.05) is 6.20 Å². The summed E-state index contributed by atoms with van der Waals surface area (Å²) < 4.78 is 7.73. The number of morpholine rings is 1. The van der Waals surface area contributed by atoms with Crippen LogP contribution in [0.3, 0.4) is 0 Å². The van der Waals surface area contributed by atoms with Crippen LogP contribution in [0.15, 0.2) is 12.4 Å². The van der Waals surface area contributed by atoms with Gasteiger partial charge in [-0.25, -0.2) is 4.98 Å². The first-order chi connectivity index (χ1) is 10.1. The summed E-state index contributed by atoms with van der Waals surface area (Å²) >= 11 is 0. The van der Waals surface area contributed by atoms with Crippen LogP contribution in [0.1, 0.15) is 33.5 Å². The Kier molecular flexibility index (Phi) is 5.79. The Morgan fingerprint density at radius 2 is 2.05 bits per heavy atom. The van der Waals surface area contributed by atoms with Gasteiger partial charge in [0, 0.05) is 50.0 Å². The number of ether oxygens (including phenoxy) is 1. The van der Waals surface area contributed by atoms with E-state index < -0.39 is 0 Å². The highest BCUT2D eigenvalue weighted by atomic mass is 16.5. The maximum absolute atomic E-state index is 5.50. The highest BCUT2D eigenvalue weighted by molar-refractivity contribution is 5.03. The zero-order chi connectivity index (χ0) is 15.3. The van der Waals surface area contributed by atoms with Crippen LogP contribution >= 0.6 is 0 Å². The molecule has 1 saturated heterocycles. The van der Waals surface area contributed by atoms with Crippen molar-refractivity contribution in [3.05, 3.63) is 18.2 Å². The second kappa shape index (κ2) is 7.38. The third-order valence-electron chi connectivity index (χ3n) is 4.66. The molecule has 1 N–H and O–H groups in total. The molecule has 0 aromatic carbocycles. The van der Waals surface area contributed by atoms with E-state index in [1.54, 1.807) is 0 Å². The van der Waals surface area contributed by atoms with E-state index in [1.165, 1.54) is 5.82 Å². The fourth-order valence-electron chi connectivity index (χ4n) is 3.18. The Bertz CT molecular complexity index is 424. The first-order valence-corrected chi connectivity index (χ1v) is 8.15. The van der Waals surface area contributed by atoms with Gasteiger partial charge in [-0.05, 0) is 27.3 Å². The maximum Gasteiger partial charge on any atom is 0.110 e. The van der Waals surface area contributed by atoms with Crippen molar-refractivity contribution in [3.63, 3.8) is 0 Å². The quantitative estimate of drug-likeness (QED) is 0.828. The van der Waals surface area contributed by atoms with Crippen LogP contribution in [0.4, 0.5) is 0 Å². The zero-order valence-electron chi connectivity index (χ0n) is 13.9. The van der Waals surface area contributed by atoms with Gasteiger partial charge in [0.1, 0.15) is 5.82 Å². The standard InChI is InChI=1S/C16H30N4O/c1-5-17-14(13-15-18-7-8-19(15)6-2)16(3,4)20-9-11-21-12-10-20/h7-8,14,17H,5-6,9-13H2,1-4H3. The summed E-state index contributed by atoms with van der Waals surface area (Å²) in [6.45, 7) is 14.7. The van der Waals surface area contributed by atoms with Gasteiger partial charge < -0.3 is 14.6 Å². The molecule has 0 amide bonds. The van der Waals surface area contributed by atoms with Crippen molar-refractivity contribution in [1.82, 2.24) is 19.8 Å². The lowest BCUT2D eigenvalue weighted by Gasteiger charge is -2.46. The molecule has 0 spiro atoms. The molecule has 1 aliphatic rings. The second-order valence-electron chi connectivity index (χ2n) is 6.20. The summed E-state index contributed by atoms with van der Waals surface area (Å²) in [7, 11) is 0. The SMILES string of the molecule is CCNC(Cc1nccn1CC)C(C)(C)N1CCOCC1. The van der Waals surface area contributed by atoms with E-state index in [-0.39, 0.29) is 5.54 Å². The van der Waals surface area contributed by atoms with Gasteiger partial charge in [-0.1, -0.05) is 6.92 Å². The number of aromatic nitrogens is 2.